The minimum Gasteiger partial charge on any atom is -0.480 e. The fraction of sp³-hybridized carbons (Fsp3) is 0.385. The average molecular weight is 319 g/mol. The molecule has 21 heavy (non-hydrogen) atoms. The second kappa shape index (κ2) is 8.46. The number of thioether (sulfide) groups is 1. The average Bonchev–Trinajstić information content (AvgIpc) is 2.42. The van der Waals surface area contributed by atoms with Gasteiger partial charge >= 0.3 is 12.6 Å². The number of aliphatic carboxylic acids is 1. The number of alkyl halides is 2. The van der Waals surface area contributed by atoms with Gasteiger partial charge in [0.1, 0.15) is 11.8 Å². The Hall–Kier alpha value is -1.83. The Labute approximate surface area is 124 Å². The summed E-state index contributed by atoms with van der Waals surface area (Å²) in [4.78, 5) is 23.0. The van der Waals surface area contributed by atoms with Crippen molar-refractivity contribution in [1.29, 1.82) is 0 Å². The second-order valence-electron chi connectivity index (χ2n) is 4.05. The van der Waals surface area contributed by atoms with E-state index in [1.54, 1.807) is 0 Å². The van der Waals surface area contributed by atoms with Crippen LogP contribution in [0.15, 0.2) is 24.3 Å². The molecule has 1 amide bonds. The molecular formula is C13H15F2NO4S. The number of hydrogen-bond donors (Lipinski definition) is 2. The lowest BCUT2D eigenvalue weighted by Crippen LogP contribution is -2.41. The molecule has 116 valence electrons. The van der Waals surface area contributed by atoms with Crippen LogP contribution in [0, 0.1) is 0 Å². The molecule has 0 aliphatic heterocycles. The van der Waals surface area contributed by atoms with Crippen LogP contribution in [-0.4, -0.2) is 41.6 Å². The van der Waals surface area contributed by atoms with Crippen molar-refractivity contribution < 1.29 is 28.2 Å². The van der Waals surface area contributed by atoms with Gasteiger partial charge in [0.25, 0.3) is 5.91 Å². The van der Waals surface area contributed by atoms with Crippen LogP contribution in [0.4, 0.5) is 8.78 Å². The number of amides is 1. The van der Waals surface area contributed by atoms with Crippen LogP contribution in [0.3, 0.4) is 0 Å². The molecule has 0 aliphatic carbocycles. The molecular weight excluding hydrogens is 304 g/mol. The van der Waals surface area contributed by atoms with Gasteiger partial charge in [0.15, 0.2) is 0 Å². The van der Waals surface area contributed by atoms with Crippen molar-refractivity contribution in [2.45, 2.75) is 19.1 Å². The van der Waals surface area contributed by atoms with Crippen LogP contribution in [-0.2, 0) is 4.79 Å². The Morgan fingerprint density at radius 1 is 1.43 bits per heavy atom. The van der Waals surface area contributed by atoms with Crippen molar-refractivity contribution in [2.24, 2.45) is 0 Å². The summed E-state index contributed by atoms with van der Waals surface area (Å²) in [5.74, 6) is -1.37. The molecule has 1 aromatic rings. The first kappa shape index (κ1) is 17.2. The van der Waals surface area contributed by atoms with E-state index in [4.69, 9.17) is 5.11 Å². The van der Waals surface area contributed by atoms with Gasteiger partial charge in [0.05, 0.1) is 0 Å². The van der Waals surface area contributed by atoms with Crippen LogP contribution in [0.1, 0.15) is 16.8 Å². The Morgan fingerprint density at radius 3 is 2.71 bits per heavy atom. The monoisotopic (exact) mass is 319 g/mol. The summed E-state index contributed by atoms with van der Waals surface area (Å²) in [5, 5.41) is 11.4. The maximum atomic E-state index is 12.1. The smallest absolute Gasteiger partial charge is 0.387 e. The lowest BCUT2D eigenvalue weighted by Gasteiger charge is -2.14. The van der Waals surface area contributed by atoms with E-state index >= 15 is 0 Å². The van der Waals surface area contributed by atoms with E-state index in [0.717, 1.165) is 6.07 Å². The summed E-state index contributed by atoms with van der Waals surface area (Å²) in [6, 6.07) is 4.16. The summed E-state index contributed by atoms with van der Waals surface area (Å²) in [6.45, 7) is -2.99. The standard InChI is InChI=1S/C13H15F2NO4S/c1-21-6-5-10(12(18)19)16-11(17)8-3-2-4-9(7-8)20-13(14)15/h2-4,7,10,13H,5-6H2,1H3,(H,16,17)(H,18,19)/t10-/m1/s1. The molecule has 8 heteroatoms. The highest BCUT2D eigenvalue weighted by atomic mass is 32.2. The molecule has 2 N–H and O–H groups in total. The number of rotatable bonds is 8. The molecule has 0 heterocycles. The Balaban J connectivity index is 2.75. The first-order valence-corrected chi connectivity index (χ1v) is 7.41. The summed E-state index contributed by atoms with van der Waals surface area (Å²) < 4.78 is 28.4. The van der Waals surface area contributed by atoms with Crippen LogP contribution in [0.2, 0.25) is 0 Å². The first-order valence-electron chi connectivity index (χ1n) is 6.01. The molecule has 0 bridgehead atoms. The molecule has 0 aromatic heterocycles. The number of carboxylic acids is 1. The lowest BCUT2D eigenvalue weighted by atomic mass is 10.1. The fourth-order valence-electron chi connectivity index (χ4n) is 1.55. The van der Waals surface area contributed by atoms with Crippen molar-refractivity contribution in [3.05, 3.63) is 29.8 Å². The highest BCUT2D eigenvalue weighted by molar-refractivity contribution is 7.98. The highest BCUT2D eigenvalue weighted by Gasteiger charge is 2.20. The summed E-state index contributed by atoms with van der Waals surface area (Å²) >= 11 is 1.46. The van der Waals surface area contributed by atoms with E-state index in [2.05, 4.69) is 10.1 Å². The van der Waals surface area contributed by atoms with Crippen molar-refractivity contribution in [3.8, 4) is 5.75 Å². The molecule has 0 saturated heterocycles. The number of carbonyl (C=O) groups excluding carboxylic acids is 1. The third-order valence-corrected chi connectivity index (χ3v) is 3.18. The molecule has 0 aliphatic rings. The van der Waals surface area contributed by atoms with E-state index in [0.29, 0.717) is 5.75 Å². The number of carboxylic acid groups (broad SMARTS) is 1. The molecule has 1 atom stereocenters. The van der Waals surface area contributed by atoms with Gasteiger partial charge < -0.3 is 15.2 Å². The molecule has 1 aromatic carbocycles. The van der Waals surface area contributed by atoms with Crippen LogP contribution < -0.4 is 10.1 Å². The maximum absolute atomic E-state index is 12.1. The Bertz CT molecular complexity index is 499. The summed E-state index contributed by atoms with van der Waals surface area (Å²) in [5.41, 5.74) is 0.0588. The number of halogens is 2. The Kier molecular flexibility index (Phi) is 6.93. The van der Waals surface area contributed by atoms with Crippen molar-refractivity contribution >= 4 is 23.6 Å². The van der Waals surface area contributed by atoms with E-state index in [-0.39, 0.29) is 17.7 Å². The van der Waals surface area contributed by atoms with Crippen molar-refractivity contribution in [2.75, 3.05) is 12.0 Å². The van der Waals surface area contributed by atoms with Gasteiger partial charge in [-0.2, -0.15) is 20.5 Å². The molecule has 0 radical (unpaired) electrons. The minimum absolute atomic E-state index is 0.0588. The lowest BCUT2D eigenvalue weighted by molar-refractivity contribution is -0.139. The highest BCUT2D eigenvalue weighted by Crippen LogP contribution is 2.16. The fourth-order valence-corrected chi connectivity index (χ4v) is 2.02. The molecule has 0 saturated carbocycles. The summed E-state index contributed by atoms with van der Waals surface area (Å²) in [6.07, 6.45) is 2.10. The van der Waals surface area contributed by atoms with Gasteiger partial charge in [-0.05, 0) is 36.6 Å². The zero-order valence-corrected chi connectivity index (χ0v) is 12.0. The Morgan fingerprint density at radius 2 is 2.14 bits per heavy atom. The SMILES string of the molecule is CSCC[C@@H](NC(=O)c1cccc(OC(F)F)c1)C(=O)O. The second-order valence-corrected chi connectivity index (χ2v) is 5.04. The quantitative estimate of drug-likeness (QED) is 0.768. The largest absolute Gasteiger partial charge is 0.480 e. The molecule has 5 nitrogen and oxygen atoms in total. The number of carbonyl (C=O) groups is 2. The van der Waals surface area contributed by atoms with Crippen LogP contribution in [0.5, 0.6) is 5.75 Å². The van der Waals surface area contributed by atoms with Gasteiger partial charge in [0.2, 0.25) is 0 Å². The zero-order chi connectivity index (χ0) is 15.8. The van der Waals surface area contributed by atoms with Crippen molar-refractivity contribution in [3.63, 3.8) is 0 Å². The van der Waals surface area contributed by atoms with E-state index in [1.807, 2.05) is 6.26 Å². The maximum Gasteiger partial charge on any atom is 0.387 e. The van der Waals surface area contributed by atoms with Crippen LogP contribution in [0.25, 0.3) is 0 Å². The molecule has 1 rings (SSSR count). The van der Waals surface area contributed by atoms with E-state index < -0.39 is 24.5 Å². The predicted molar refractivity (Wildman–Crippen MR) is 75.0 cm³/mol. The molecule has 0 spiro atoms. The number of benzene rings is 1. The van der Waals surface area contributed by atoms with Crippen LogP contribution >= 0.6 is 11.8 Å². The van der Waals surface area contributed by atoms with Gasteiger partial charge in [-0.1, -0.05) is 6.07 Å². The third kappa shape index (κ3) is 5.99. The van der Waals surface area contributed by atoms with Gasteiger partial charge in [-0.3, -0.25) is 4.79 Å². The normalized spacial score (nSPS) is 12.0. The number of ether oxygens (including phenoxy) is 1. The van der Waals surface area contributed by atoms with E-state index in [1.165, 1.54) is 30.0 Å². The van der Waals surface area contributed by atoms with Gasteiger partial charge in [-0.15, -0.1) is 0 Å². The predicted octanol–water partition coefficient (Wildman–Crippen LogP) is 2.22. The summed E-state index contributed by atoms with van der Waals surface area (Å²) in [7, 11) is 0. The zero-order valence-electron chi connectivity index (χ0n) is 11.2. The minimum atomic E-state index is -2.99. The number of hydrogen-bond acceptors (Lipinski definition) is 4. The van der Waals surface area contributed by atoms with Gasteiger partial charge in [-0.25, -0.2) is 4.79 Å². The number of nitrogens with one attached hydrogen (secondary N) is 1. The van der Waals surface area contributed by atoms with Crippen molar-refractivity contribution in [1.82, 2.24) is 5.32 Å². The third-order valence-electron chi connectivity index (χ3n) is 2.54. The first-order chi connectivity index (χ1) is 9.93. The molecule has 0 fully saturated rings. The van der Waals surface area contributed by atoms with E-state index in [9.17, 15) is 18.4 Å². The van der Waals surface area contributed by atoms with Gasteiger partial charge in [0, 0.05) is 5.56 Å². The topological polar surface area (TPSA) is 75.6 Å². The molecule has 0 unspecified atom stereocenters.